The summed E-state index contributed by atoms with van der Waals surface area (Å²) in [6, 6.07) is 5.14. The first-order chi connectivity index (χ1) is 8.24. The molecule has 98 valence electrons. The van der Waals surface area contributed by atoms with Crippen molar-refractivity contribution in [3.8, 4) is 0 Å². The molecule has 18 heavy (non-hydrogen) atoms. The molecule has 1 nitrogen and oxygen atoms in total. The molecule has 2 aromatic rings. The minimum Gasteiger partial charge on any atom is -0.306 e. The first kappa shape index (κ1) is 14.0. The van der Waals surface area contributed by atoms with Gasteiger partial charge in [0.15, 0.2) is 0 Å². The van der Waals surface area contributed by atoms with Crippen molar-refractivity contribution in [2.75, 3.05) is 20.1 Å². The fourth-order valence-corrected chi connectivity index (χ4v) is 3.68. The monoisotopic (exact) mass is 329 g/mol. The molecule has 0 bridgehead atoms. The number of fused-ring (bicyclic) bond motifs is 1. The van der Waals surface area contributed by atoms with E-state index in [-0.39, 0.29) is 22.8 Å². The summed E-state index contributed by atoms with van der Waals surface area (Å²) in [6.45, 7) is 2.30. The van der Waals surface area contributed by atoms with Gasteiger partial charge in [0.05, 0.1) is 0 Å². The summed E-state index contributed by atoms with van der Waals surface area (Å²) in [4.78, 5) is 2.37. The Bertz CT molecular complexity index is 532. The Morgan fingerprint density at radius 2 is 2.00 bits per heavy atom. The van der Waals surface area contributed by atoms with E-state index >= 15 is 0 Å². The Morgan fingerprint density at radius 1 is 1.28 bits per heavy atom. The molecule has 1 aromatic heterocycles. The number of piperidine rings is 1. The lowest BCUT2D eigenvalue weighted by molar-refractivity contribution is 0.256. The lowest BCUT2D eigenvalue weighted by Crippen LogP contribution is -2.29. The molecule has 0 radical (unpaired) electrons. The number of nitrogens with zero attached hydrogens (tertiary/aromatic N) is 1. The Kier molecular flexibility index (Phi) is 4.41. The molecule has 2 heterocycles. The third-order valence-electron chi connectivity index (χ3n) is 3.72. The quantitative estimate of drug-likeness (QED) is 0.748. The molecule has 0 aliphatic carbocycles. The van der Waals surface area contributed by atoms with Crippen LogP contribution in [-0.2, 0) is 0 Å². The molecule has 0 atom stereocenters. The molecule has 3 rings (SSSR count). The standard InChI is InChI=1S/C14H16FNS.BrH/c1-16-6-4-10(5-7-16)13-9-17-14-3-2-11(15)8-12(13)14;/h2-3,8-10H,4-7H2,1H3;1H. The second-order valence-electron chi connectivity index (χ2n) is 4.91. The number of hydrogen-bond donors (Lipinski definition) is 0. The average Bonchev–Trinajstić information content (AvgIpc) is 2.73. The van der Waals surface area contributed by atoms with Crippen LogP contribution in [-0.4, -0.2) is 25.0 Å². The topological polar surface area (TPSA) is 3.24 Å². The number of halogens is 2. The Balaban J connectivity index is 0.00000120. The van der Waals surface area contributed by atoms with Crippen LogP contribution < -0.4 is 0 Å². The summed E-state index contributed by atoms with van der Waals surface area (Å²) in [5, 5.41) is 3.35. The second-order valence-corrected chi connectivity index (χ2v) is 5.82. The molecule has 1 saturated heterocycles. The molecule has 1 aromatic carbocycles. The molecular formula is C14H17BrFNS. The van der Waals surface area contributed by atoms with Crippen molar-refractivity contribution in [3.05, 3.63) is 35.0 Å². The van der Waals surface area contributed by atoms with E-state index in [1.807, 2.05) is 6.07 Å². The van der Waals surface area contributed by atoms with Gasteiger partial charge in [-0.05, 0) is 73.4 Å². The summed E-state index contributed by atoms with van der Waals surface area (Å²) in [7, 11) is 2.17. The van der Waals surface area contributed by atoms with Crippen molar-refractivity contribution in [2.24, 2.45) is 0 Å². The number of thiophene rings is 1. The maximum Gasteiger partial charge on any atom is 0.123 e. The van der Waals surface area contributed by atoms with Crippen LogP contribution in [0, 0.1) is 5.82 Å². The molecule has 0 saturated carbocycles. The highest BCUT2D eigenvalue weighted by Crippen LogP contribution is 2.36. The van der Waals surface area contributed by atoms with Crippen molar-refractivity contribution in [3.63, 3.8) is 0 Å². The van der Waals surface area contributed by atoms with E-state index in [1.54, 1.807) is 23.5 Å². The van der Waals surface area contributed by atoms with Crippen LogP contribution >= 0.6 is 28.3 Å². The number of benzene rings is 1. The highest BCUT2D eigenvalue weighted by molar-refractivity contribution is 8.93. The van der Waals surface area contributed by atoms with E-state index in [0.29, 0.717) is 5.92 Å². The molecule has 1 fully saturated rings. The van der Waals surface area contributed by atoms with Crippen LogP contribution in [0.3, 0.4) is 0 Å². The lowest BCUT2D eigenvalue weighted by atomic mass is 9.89. The van der Waals surface area contributed by atoms with E-state index in [4.69, 9.17) is 0 Å². The summed E-state index contributed by atoms with van der Waals surface area (Å²) in [6.07, 6.45) is 2.39. The zero-order valence-corrected chi connectivity index (χ0v) is 12.9. The van der Waals surface area contributed by atoms with Gasteiger partial charge in [-0.3, -0.25) is 0 Å². The molecule has 0 N–H and O–H groups in total. The molecule has 1 aliphatic rings. The zero-order valence-electron chi connectivity index (χ0n) is 10.4. The fraction of sp³-hybridized carbons (Fsp3) is 0.429. The average molecular weight is 330 g/mol. The Morgan fingerprint density at radius 3 is 2.72 bits per heavy atom. The van der Waals surface area contributed by atoms with Crippen molar-refractivity contribution >= 4 is 38.4 Å². The van der Waals surface area contributed by atoms with Gasteiger partial charge in [0.25, 0.3) is 0 Å². The highest BCUT2D eigenvalue weighted by Gasteiger charge is 2.21. The Hall–Kier alpha value is -0.450. The maximum absolute atomic E-state index is 13.3. The second kappa shape index (κ2) is 5.68. The Labute approximate surface area is 121 Å². The van der Waals surface area contributed by atoms with E-state index in [0.717, 1.165) is 18.5 Å². The minimum absolute atomic E-state index is 0. The number of likely N-dealkylation sites (tertiary alicyclic amines) is 1. The normalized spacial score (nSPS) is 17.9. The van der Waals surface area contributed by atoms with E-state index < -0.39 is 0 Å². The molecular weight excluding hydrogens is 313 g/mol. The largest absolute Gasteiger partial charge is 0.306 e. The van der Waals surface area contributed by atoms with Crippen molar-refractivity contribution in [1.29, 1.82) is 0 Å². The van der Waals surface area contributed by atoms with Crippen LogP contribution in [0.25, 0.3) is 10.1 Å². The van der Waals surface area contributed by atoms with Gasteiger partial charge in [-0.25, -0.2) is 4.39 Å². The predicted molar refractivity (Wildman–Crippen MR) is 81.6 cm³/mol. The third kappa shape index (κ3) is 2.60. The summed E-state index contributed by atoms with van der Waals surface area (Å²) >= 11 is 1.74. The van der Waals surface area contributed by atoms with E-state index in [1.165, 1.54) is 23.1 Å². The smallest absolute Gasteiger partial charge is 0.123 e. The van der Waals surface area contributed by atoms with Gasteiger partial charge < -0.3 is 4.90 Å². The predicted octanol–water partition coefficient (Wildman–Crippen LogP) is 4.43. The molecule has 4 heteroatoms. The molecule has 0 spiro atoms. The van der Waals surface area contributed by atoms with Gasteiger partial charge in [0.1, 0.15) is 5.82 Å². The van der Waals surface area contributed by atoms with Crippen LogP contribution in [0.5, 0.6) is 0 Å². The molecule has 0 unspecified atom stereocenters. The van der Waals surface area contributed by atoms with Crippen LogP contribution in [0.15, 0.2) is 23.6 Å². The van der Waals surface area contributed by atoms with Crippen LogP contribution in [0.1, 0.15) is 24.3 Å². The zero-order chi connectivity index (χ0) is 11.8. The first-order valence-electron chi connectivity index (χ1n) is 6.09. The van der Waals surface area contributed by atoms with Gasteiger partial charge in [0.2, 0.25) is 0 Å². The van der Waals surface area contributed by atoms with Gasteiger partial charge in [-0.2, -0.15) is 0 Å². The van der Waals surface area contributed by atoms with Crippen molar-refractivity contribution < 1.29 is 4.39 Å². The van der Waals surface area contributed by atoms with Crippen LogP contribution in [0.4, 0.5) is 4.39 Å². The maximum atomic E-state index is 13.3. The summed E-state index contributed by atoms with van der Waals surface area (Å²) in [5.74, 6) is 0.492. The minimum atomic E-state index is -0.120. The van der Waals surface area contributed by atoms with Crippen molar-refractivity contribution in [2.45, 2.75) is 18.8 Å². The SMILES string of the molecule is Br.CN1CCC(c2csc3ccc(F)cc23)CC1. The van der Waals surface area contributed by atoms with Gasteiger partial charge in [-0.1, -0.05) is 0 Å². The first-order valence-corrected chi connectivity index (χ1v) is 6.97. The lowest BCUT2D eigenvalue weighted by Gasteiger charge is -2.28. The molecule has 1 aliphatic heterocycles. The number of rotatable bonds is 1. The van der Waals surface area contributed by atoms with Gasteiger partial charge in [-0.15, -0.1) is 28.3 Å². The fourth-order valence-electron chi connectivity index (χ4n) is 2.66. The van der Waals surface area contributed by atoms with Gasteiger partial charge in [0, 0.05) is 4.70 Å². The van der Waals surface area contributed by atoms with Crippen LogP contribution in [0.2, 0.25) is 0 Å². The summed E-state index contributed by atoms with van der Waals surface area (Å²) in [5.41, 5.74) is 1.36. The van der Waals surface area contributed by atoms with E-state index in [2.05, 4.69) is 17.3 Å². The third-order valence-corrected chi connectivity index (χ3v) is 4.71. The van der Waals surface area contributed by atoms with E-state index in [9.17, 15) is 4.39 Å². The number of hydrogen-bond acceptors (Lipinski definition) is 2. The summed E-state index contributed by atoms with van der Waals surface area (Å²) < 4.78 is 14.5. The molecule has 0 amide bonds. The highest BCUT2D eigenvalue weighted by atomic mass is 79.9. The van der Waals surface area contributed by atoms with Gasteiger partial charge >= 0.3 is 0 Å². The van der Waals surface area contributed by atoms with Crippen molar-refractivity contribution in [1.82, 2.24) is 4.90 Å².